The van der Waals surface area contributed by atoms with Crippen molar-refractivity contribution in [3.05, 3.63) is 47.1 Å². The molecule has 1 nitrogen and oxygen atoms in total. The molecule has 128 valence electrons. The van der Waals surface area contributed by atoms with E-state index in [1.807, 2.05) is 13.0 Å². The van der Waals surface area contributed by atoms with Crippen molar-refractivity contribution in [2.24, 2.45) is 0 Å². The first-order valence-electron chi connectivity index (χ1n) is 8.16. The Labute approximate surface area is 146 Å². The second kappa shape index (κ2) is 7.17. The van der Waals surface area contributed by atoms with Crippen molar-refractivity contribution in [3.63, 3.8) is 0 Å². The predicted molar refractivity (Wildman–Crippen MR) is 105 cm³/mol. The molecular formula is C21H32OS. The van der Waals surface area contributed by atoms with Crippen LogP contribution >= 0.6 is 11.8 Å². The van der Waals surface area contributed by atoms with Gasteiger partial charge in [-0.25, -0.2) is 0 Å². The first-order valence-corrected chi connectivity index (χ1v) is 9.14. The van der Waals surface area contributed by atoms with Gasteiger partial charge in [-0.05, 0) is 41.9 Å². The molecule has 0 heterocycles. The first-order chi connectivity index (χ1) is 10.3. The summed E-state index contributed by atoms with van der Waals surface area (Å²) in [5, 5.41) is 10.6. The quantitative estimate of drug-likeness (QED) is 0.495. The fraction of sp³-hybridized carbons (Fsp3) is 0.524. The number of phenolic OH excluding ortho intramolecular Hbond substituents is 1. The van der Waals surface area contributed by atoms with Crippen LogP contribution in [0.2, 0.25) is 0 Å². The van der Waals surface area contributed by atoms with Gasteiger partial charge in [-0.2, -0.15) is 0 Å². The zero-order chi connectivity index (χ0) is 18.0. The molecule has 0 saturated carbocycles. The summed E-state index contributed by atoms with van der Waals surface area (Å²) in [6.45, 7) is 21.2. The van der Waals surface area contributed by atoms with Gasteiger partial charge in [0.2, 0.25) is 0 Å². The predicted octanol–water partition coefficient (Wildman–Crippen LogP) is 6.60. The van der Waals surface area contributed by atoms with Gasteiger partial charge in [0.05, 0.1) is 4.90 Å². The van der Waals surface area contributed by atoms with Gasteiger partial charge in [-0.1, -0.05) is 71.4 Å². The topological polar surface area (TPSA) is 20.2 Å². The van der Waals surface area contributed by atoms with Crippen LogP contribution in [0.15, 0.2) is 40.8 Å². The molecule has 0 amide bonds. The fourth-order valence-corrected chi connectivity index (χ4v) is 3.59. The lowest BCUT2D eigenvalue weighted by Crippen LogP contribution is -2.17. The van der Waals surface area contributed by atoms with Gasteiger partial charge in [0.15, 0.2) is 0 Å². The Morgan fingerprint density at radius 2 is 1.65 bits per heavy atom. The Hall–Kier alpha value is -1.15. The van der Waals surface area contributed by atoms with E-state index in [0.717, 1.165) is 16.2 Å². The van der Waals surface area contributed by atoms with Crippen molar-refractivity contribution in [1.29, 1.82) is 0 Å². The van der Waals surface area contributed by atoms with Gasteiger partial charge in [0.25, 0.3) is 0 Å². The third-order valence-electron chi connectivity index (χ3n) is 3.68. The van der Waals surface area contributed by atoms with Crippen molar-refractivity contribution in [3.8, 4) is 5.75 Å². The van der Waals surface area contributed by atoms with Crippen LogP contribution in [-0.4, -0.2) is 10.9 Å². The number of hydrogen-bond donors (Lipinski definition) is 1. The monoisotopic (exact) mass is 332 g/mol. The number of benzene rings is 1. The van der Waals surface area contributed by atoms with E-state index in [1.54, 1.807) is 11.8 Å². The summed E-state index contributed by atoms with van der Waals surface area (Å²) in [4.78, 5) is 1.000. The second-order valence-electron chi connectivity index (χ2n) is 8.50. The van der Waals surface area contributed by atoms with Crippen LogP contribution in [0.3, 0.4) is 0 Å². The third kappa shape index (κ3) is 5.76. The van der Waals surface area contributed by atoms with E-state index in [9.17, 15) is 5.11 Å². The van der Waals surface area contributed by atoms with E-state index in [0.29, 0.717) is 5.75 Å². The van der Waals surface area contributed by atoms with Crippen molar-refractivity contribution in [2.45, 2.75) is 71.1 Å². The molecule has 0 aliphatic heterocycles. The highest BCUT2D eigenvalue weighted by molar-refractivity contribution is 7.99. The molecular weight excluding hydrogens is 300 g/mol. The zero-order valence-electron chi connectivity index (χ0n) is 16.0. The Balaban J connectivity index is 3.29. The molecule has 1 rings (SSSR count). The lowest BCUT2D eigenvalue weighted by Gasteiger charge is -2.28. The molecule has 0 radical (unpaired) electrons. The molecule has 1 N–H and O–H groups in total. The molecule has 0 spiro atoms. The van der Waals surface area contributed by atoms with E-state index >= 15 is 0 Å². The lowest BCUT2D eigenvalue weighted by atomic mass is 9.80. The summed E-state index contributed by atoms with van der Waals surface area (Å²) in [5.41, 5.74) is 4.74. The van der Waals surface area contributed by atoms with Gasteiger partial charge >= 0.3 is 0 Å². The highest BCUT2D eigenvalue weighted by Gasteiger charge is 2.25. The van der Waals surface area contributed by atoms with E-state index in [-0.39, 0.29) is 10.8 Å². The summed E-state index contributed by atoms with van der Waals surface area (Å²) >= 11 is 1.71. The average Bonchev–Trinajstić information content (AvgIpc) is 2.33. The van der Waals surface area contributed by atoms with Gasteiger partial charge < -0.3 is 5.11 Å². The summed E-state index contributed by atoms with van der Waals surface area (Å²) in [6.07, 6.45) is 2.10. The average molecular weight is 333 g/mol. The zero-order valence-corrected chi connectivity index (χ0v) is 16.8. The summed E-state index contributed by atoms with van der Waals surface area (Å²) in [5.74, 6) is 1.26. The SMILES string of the molecule is C=C(C)/C=C(/C)CSc1c(O)cc(C(C)(C)C)cc1C(C)(C)C. The Bertz CT molecular complexity index is 610. The minimum Gasteiger partial charge on any atom is -0.507 e. The van der Waals surface area contributed by atoms with E-state index in [4.69, 9.17) is 0 Å². The van der Waals surface area contributed by atoms with Crippen molar-refractivity contribution < 1.29 is 5.11 Å². The molecule has 0 fully saturated rings. The van der Waals surface area contributed by atoms with Crippen molar-refractivity contribution >= 4 is 11.8 Å². The molecule has 0 aromatic heterocycles. The maximum absolute atomic E-state index is 10.6. The van der Waals surface area contributed by atoms with Crippen LogP contribution in [-0.2, 0) is 10.8 Å². The molecule has 0 atom stereocenters. The number of phenols is 1. The summed E-state index contributed by atoms with van der Waals surface area (Å²) < 4.78 is 0. The van der Waals surface area contributed by atoms with Crippen LogP contribution in [0.25, 0.3) is 0 Å². The molecule has 0 saturated heterocycles. The molecule has 0 bridgehead atoms. The van der Waals surface area contributed by atoms with E-state index in [1.165, 1.54) is 16.7 Å². The van der Waals surface area contributed by atoms with Gasteiger partial charge in [-0.3, -0.25) is 0 Å². The smallest absolute Gasteiger partial charge is 0.129 e. The minimum absolute atomic E-state index is 0.00690. The number of rotatable bonds is 4. The Morgan fingerprint density at radius 3 is 2.09 bits per heavy atom. The number of thioether (sulfide) groups is 1. The van der Waals surface area contributed by atoms with E-state index in [2.05, 4.69) is 67.2 Å². The third-order valence-corrected chi connectivity index (χ3v) is 5.00. The standard InChI is InChI=1S/C21H32OS/c1-14(2)10-15(3)13-23-19-17(21(7,8)9)11-16(12-18(19)22)20(4,5)6/h10-12,22H,1,13H2,2-9H3/b15-10-. The van der Waals surface area contributed by atoms with Crippen molar-refractivity contribution in [1.82, 2.24) is 0 Å². The molecule has 2 heteroatoms. The molecule has 0 aliphatic carbocycles. The lowest BCUT2D eigenvalue weighted by molar-refractivity contribution is 0.449. The fourth-order valence-electron chi connectivity index (χ4n) is 2.40. The van der Waals surface area contributed by atoms with Gasteiger partial charge in [0, 0.05) is 5.75 Å². The Morgan fingerprint density at radius 1 is 1.09 bits per heavy atom. The Kier molecular flexibility index (Phi) is 6.20. The van der Waals surface area contributed by atoms with Crippen LogP contribution in [0.4, 0.5) is 0 Å². The number of aromatic hydroxyl groups is 1. The molecule has 1 aromatic rings. The van der Waals surface area contributed by atoms with Crippen molar-refractivity contribution in [2.75, 3.05) is 5.75 Å². The normalized spacial score (nSPS) is 13.3. The second-order valence-corrected chi connectivity index (χ2v) is 9.48. The molecule has 0 unspecified atom stereocenters. The number of hydrogen-bond acceptors (Lipinski definition) is 2. The van der Waals surface area contributed by atoms with Crippen LogP contribution in [0.5, 0.6) is 5.75 Å². The molecule has 23 heavy (non-hydrogen) atoms. The largest absolute Gasteiger partial charge is 0.507 e. The summed E-state index contributed by atoms with van der Waals surface area (Å²) in [7, 11) is 0. The molecule has 0 aliphatic rings. The maximum Gasteiger partial charge on any atom is 0.129 e. The van der Waals surface area contributed by atoms with Crippen LogP contribution < -0.4 is 0 Å². The van der Waals surface area contributed by atoms with Crippen LogP contribution in [0.1, 0.15) is 66.5 Å². The van der Waals surface area contributed by atoms with Crippen LogP contribution in [0, 0.1) is 0 Å². The molecule has 1 aromatic carbocycles. The van der Waals surface area contributed by atoms with E-state index < -0.39 is 0 Å². The highest BCUT2D eigenvalue weighted by Crippen LogP contribution is 2.42. The number of allylic oxidation sites excluding steroid dienone is 2. The van der Waals surface area contributed by atoms with Gasteiger partial charge in [-0.15, -0.1) is 11.8 Å². The minimum atomic E-state index is -0.00690. The summed E-state index contributed by atoms with van der Waals surface area (Å²) in [6, 6.07) is 4.19. The van der Waals surface area contributed by atoms with Gasteiger partial charge in [0.1, 0.15) is 5.75 Å². The maximum atomic E-state index is 10.6. The first kappa shape index (κ1) is 19.9. The highest BCUT2D eigenvalue weighted by atomic mass is 32.2.